The molecular formula is C11H6F4N2O4. The number of carbonyl (C=O) groups is 2. The average Bonchev–Trinajstić information content (AvgIpc) is 2.95. The fourth-order valence-corrected chi connectivity index (χ4v) is 1.24. The van der Waals surface area contributed by atoms with Crippen LogP contribution in [0.2, 0.25) is 0 Å². The van der Waals surface area contributed by atoms with E-state index in [1.54, 1.807) is 0 Å². The molecule has 21 heavy (non-hydrogen) atoms. The van der Waals surface area contributed by atoms with Crippen molar-refractivity contribution in [3.63, 3.8) is 0 Å². The summed E-state index contributed by atoms with van der Waals surface area (Å²) >= 11 is 0. The van der Waals surface area contributed by atoms with Gasteiger partial charge in [0.1, 0.15) is 5.56 Å². The number of hydrogen-bond acceptors (Lipinski definition) is 3. The second-order valence-electron chi connectivity index (χ2n) is 3.41. The number of halogens is 4. The molecule has 0 fully saturated rings. The quantitative estimate of drug-likeness (QED) is 0.607. The first-order valence-electron chi connectivity index (χ1n) is 5.09. The maximum Gasteiger partial charge on any atom is 0.341 e. The third kappa shape index (κ3) is 3.35. The topological polar surface area (TPSA) is 107 Å². The largest absolute Gasteiger partial charge is 0.545 e. The molecule has 10 heteroatoms. The van der Waals surface area contributed by atoms with Gasteiger partial charge in [-0.05, 0) is 0 Å². The predicted octanol–water partition coefficient (Wildman–Crippen LogP) is 0.134. The van der Waals surface area contributed by atoms with Crippen molar-refractivity contribution in [1.29, 1.82) is 0 Å². The predicted molar refractivity (Wildman–Crippen MR) is 54.9 cm³/mol. The Morgan fingerprint density at radius 3 is 1.76 bits per heavy atom. The van der Waals surface area contributed by atoms with Crippen LogP contribution in [-0.4, -0.2) is 22.1 Å². The molecule has 0 spiro atoms. The van der Waals surface area contributed by atoms with Gasteiger partial charge in [-0.2, -0.15) is 5.10 Å². The molecule has 0 saturated carbocycles. The molecule has 0 atom stereocenters. The van der Waals surface area contributed by atoms with E-state index in [-0.39, 0.29) is 0 Å². The molecule has 3 N–H and O–H groups in total. The molecule has 0 aliphatic carbocycles. The van der Waals surface area contributed by atoms with Gasteiger partial charge in [-0.25, -0.2) is 22.4 Å². The van der Waals surface area contributed by atoms with E-state index in [9.17, 15) is 32.3 Å². The summed E-state index contributed by atoms with van der Waals surface area (Å²) in [6.45, 7) is 0. The molecule has 0 amide bonds. The van der Waals surface area contributed by atoms with Crippen LogP contribution in [0.3, 0.4) is 0 Å². The summed E-state index contributed by atoms with van der Waals surface area (Å²) < 4.78 is 51.4. The van der Waals surface area contributed by atoms with Crippen molar-refractivity contribution >= 4 is 11.9 Å². The van der Waals surface area contributed by atoms with Gasteiger partial charge < -0.3 is 15.0 Å². The van der Waals surface area contributed by atoms with Crippen LogP contribution < -0.4 is 10.2 Å². The number of rotatable bonds is 2. The Balaban J connectivity index is 0.000000369. The lowest BCUT2D eigenvalue weighted by Crippen LogP contribution is -2.27. The van der Waals surface area contributed by atoms with E-state index >= 15 is 0 Å². The van der Waals surface area contributed by atoms with E-state index < -0.39 is 46.3 Å². The summed E-state index contributed by atoms with van der Waals surface area (Å²) in [6.07, 6.45) is 3.64. The molecule has 6 nitrogen and oxygen atoms in total. The standard InChI is InChI=1S/C8H2F4O4.C3H4N2/c9-3-1(7(13)14)4(10)6(12)2(5(3)11)8(15)16;1-2-4-5-3-1/h(H,13,14)(H,15,16);1-3H,(H,4,5). The average molecular weight is 306 g/mol. The smallest absolute Gasteiger partial charge is 0.341 e. The number of nitrogens with one attached hydrogen (secondary N) is 2. The zero-order valence-corrected chi connectivity index (χ0v) is 9.92. The van der Waals surface area contributed by atoms with Gasteiger partial charge in [0, 0.05) is 6.07 Å². The molecule has 1 heterocycles. The van der Waals surface area contributed by atoms with E-state index in [0.717, 1.165) is 0 Å². The maximum absolute atomic E-state index is 12.9. The number of aromatic carboxylic acids is 2. The lowest BCUT2D eigenvalue weighted by Gasteiger charge is -2.09. The molecule has 112 valence electrons. The first-order valence-corrected chi connectivity index (χ1v) is 5.09. The Morgan fingerprint density at radius 1 is 1.05 bits per heavy atom. The number of carboxylic acid groups (broad SMARTS) is 2. The minimum Gasteiger partial charge on any atom is -0.545 e. The highest BCUT2D eigenvalue weighted by atomic mass is 19.2. The molecule has 0 aliphatic rings. The minimum atomic E-state index is -2.50. The molecule has 0 bridgehead atoms. The second kappa shape index (κ2) is 6.50. The van der Waals surface area contributed by atoms with E-state index in [4.69, 9.17) is 5.11 Å². The molecule has 0 unspecified atom stereocenters. The Labute approximate surface area is 113 Å². The van der Waals surface area contributed by atoms with Gasteiger partial charge in [-0.3, -0.25) is 0 Å². The van der Waals surface area contributed by atoms with Gasteiger partial charge in [0.05, 0.1) is 17.7 Å². The molecule has 1 aromatic heterocycles. The van der Waals surface area contributed by atoms with Crippen LogP contribution in [-0.2, 0) is 0 Å². The van der Waals surface area contributed by atoms with Crippen molar-refractivity contribution in [3.05, 3.63) is 52.9 Å². The van der Waals surface area contributed by atoms with Crippen LogP contribution in [0.25, 0.3) is 0 Å². The van der Waals surface area contributed by atoms with E-state index in [0.29, 0.717) is 0 Å². The summed E-state index contributed by atoms with van der Waals surface area (Å²) in [5.74, 6) is -14.0. The van der Waals surface area contributed by atoms with Gasteiger partial charge in [-0.15, -0.1) is 5.10 Å². The fraction of sp³-hybridized carbons (Fsp3) is 0. The Morgan fingerprint density at radius 2 is 1.52 bits per heavy atom. The molecule has 1 aromatic carbocycles. The van der Waals surface area contributed by atoms with Crippen LogP contribution >= 0.6 is 0 Å². The lowest BCUT2D eigenvalue weighted by atomic mass is 10.1. The van der Waals surface area contributed by atoms with Gasteiger partial charge >= 0.3 is 5.97 Å². The van der Waals surface area contributed by atoms with Crippen LogP contribution in [0.4, 0.5) is 17.6 Å². The van der Waals surface area contributed by atoms with Crippen LogP contribution in [0.15, 0.2) is 18.5 Å². The maximum atomic E-state index is 12.9. The van der Waals surface area contributed by atoms with Gasteiger partial charge in [0.15, 0.2) is 29.5 Å². The van der Waals surface area contributed by atoms with E-state index in [2.05, 4.69) is 10.2 Å². The van der Waals surface area contributed by atoms with Crippen molar-refractivity contribution < 1.29 is 42.5 Å². The first-order chi connectivity index (χ1) is 9.79. The van der Waals surface area contributed by atoms with Gasteiger partial charge in [0.2, 0.25) is 0 Å². The van der Waals surface area contributed by atoms with Crippen molar-refractivity contribution in [2.24, 2.45) is 0 Å². The van der Waals surface area contributed by atoms with Gasteiger partial charge in [-0.1, -0.05) is 0 Å². The third-order valence-corrected chi connectivity index (χ3v) is 2.12. The molecular weight excluding hydrogens is 300 g/mol. The SMILES string of the molecule is O=C([O-])c1c(F)c(F)c(C(=O)O)c(F)c1F.c1c[nH][nH+]c1. The highest BCUT2D eigenvalue weighted by molar-refractivity contribution is 5.92. The molecule has 2 aromatic rings. The zero-order chi connectivity index (χ0) is 16.2. The van der Waals surface area contributed by atoms with Crippen molar-refractivity contribution in [1.82, 2.24) is 5.10 Å². The van der Waals surface area contributed by atoms with Crippen molar-refractivity contribution in [2.75, 3.05) is 0 Å². The normalized spacial score (nSPS) is 9.71. The monoisotopic (exact) mass is 306 g/mol. The molecule has 0 saturated heterocycles. The lowest BCUT2D eigenvalue weighted by molar-refractivity contribution is -0.449. The summed E-state index contributed by atoms with van der Waals surface area (Å²) in [5, 5.41) is 23.9. The zero-order valence-electron chi connectivity index (χ0n) is 9.92. The number of carbonyl (C=O) groups excluding carboxylic acids is 1. The van der Waals surface area contributed by atoms with Crippen molar-refractivity contribution in [3.8, 4) is 0 Å². The number of aromatic nitrogens is 2. The number of benzene rings is 1. The molecule has 2 rings (SSSR count). The summed E-state index contributed by atoms with van der Waals surface area (Å²) in [5.41, 5.74) is -3.89. The van der Waals surface area contributed by atoms with Crippen LogP contribution in [0.1, 0.15) is 20.7 Å². The highest BCUT2D eigenvalue weighted by Gasteiger charge is 2.29. The summed E-state index contributed by atoms with van der Waals surface area (Å²) in [4.78, 5) is 20.4. The number of carboxylic acids is 2. The Bertz CT molecular complexity index is 582. The Kier molecular flexibility index (Phi) is 5.00. The number of H-pyrrole nitrogens is 2. The second-order valence-corrected chi connectivity index (χ2v) is 3.41. The minimum absolute atomic E-state index is 1.82. The fourth-order valence-electron chi connectivity index (χ4n) is 1.24. The van der Waals surface area contributed by atoms with Crippen molar-refractivity contribution in [2.45, 2.75) is 0 Å². The highest BCUT2D eigenvalue weighted by Crippen LogP contribution is 2.23. The van der Waals surface area contributed by atoms with E-state index in [1.165, 1.54) is 0 Å². The Hall–Kier alpha value is -2.91. The first kappa shape index (κ1) is 16.1. The third-order valence-electron chi connectivity index (χ3n) is 2.12. The van der Waals surface area contributed by atoms with Crippen LogP contribution in [0.5, 0.6) is 0 Å². The summed E-state index contributed by atoms with van der Waals surface area (Å²) in [6, 6.07) is 1.89. The molecule has 0 aliphatic heterocycles. The summed E-state index contributed by atoms with van der Waals surface area (Å²) in [7, 11) is 0. The van der Waals surface area contributed by atoms with E-state index in [1.807, 2.05) is 18.5 Å². The van der Waals surface area contributed by atoms with Gasteiger partial charge in [0.25, 0.3) is 0 Å². The number of hydrogen-bond donors (Lipinski definition) is 2. The van der Waals surface area contributed by atoms with Crippen LogP contribution in [0, 0.1) is 23.3 Å². The number of aromatic amines is 2. The molecule has 0 radical (unpaired) electrons.